The number of hydrogen-bond donors (Lipinski definition) is 1. The molecule has 2 aromatic carbocycles. The minimum Gasteiger partial charge on any atom is -0.494 e. The molecule has 0 aliphatic rings. The number of esters is 1. The van der Waals surface area contributed by atoms with Crippen LogP contribution >= 0.6 is 11.3 Å². The first-order chi connectivity index (χ1) is 18.7. The third-order valence-electron chi connectivity index (χ3n) is 6.78. The van der Waals surface area contributed by atoms with Crippen LogP contribution in [0.1, 0.15) is 70.5 Å². The molecule has 0 aliphatic heterocycles. The smallest absolute Gasteiger partial charge is 0.341 e. The first kappa shape index (κ1) is 28.2. The molecule has 2 aromatic heterocycles. The molecule has 1 amide bonds. The SMILES string of the molecule is C=CCn1c(C(=O)Nc2sc(C)c(-c3ccc(OCC)cc3)c2C(=O)OCC)c(C)c2cc(C(C)C)ccc21. The van der Waals surface area contributed by atoms with Crippen LogP contribution in [0.25, 0.3) is 22.0 Å². The number of fused-ring (bicyclic) bond motifs is 1. The Labute approximate surface area is 234 Å². The maximum atomic E-state index is 13.9. The van der Waals surface area contributed by atoms with Gasteiger partial charge in [-0.1, -0.05) is 38.1 Å². The van der Waals surface area contributed by atoms with Crippen molar-refractivity contribution in [2.24, 2.45) is 0 Å². The summed E-state index contributed by atoms with van der Waals surface area (Å²) in [4.78, 5) is 28.0. The monoisotopic (exact) mass is 544 g/mol. The van der Waals surface area contributed by atoms with E-state index in [4.69, 9.17) is 9.47 Å². The van der Waals surface area contributed by atoms with Gasteiger partial charge in [-0.15, -0.1) is 17.9 Å². The number of hydrogen-bond acceptors (Lipinski definition) is 5. The second-order valence-electron chi connectivity index (χ2n) is 9.67. The highest BCUT2D eigenvalue weighted by Gasteiger charge is 2.28. The average Bonchev–Trinajstić information content (AvgIpc) is 3.38. The zero-order valence-corrected chi connectivity index (χ0v) is 24.3. The molecule has 0 unspecified atom stereocenters. The molecule has 1 N–H and O–H groups in total. The lowest BCUT2D eigenvalue weighted by molar-refractivity contribution is 0.0529. The second-order valence-corrected chi connectivity index (χ2v) is 10.9. The number of benzene rings is 2. The quantitative estimate of drug-likeness (QED) is 0.162. The summed E-state index contributed by atoms with van der Waals surface area (Å²) < 4.78 is 13.0. The molecule has 204 valence electrons. The van der Waals surface area contributed by atoms with E-state index in [-0.39, 0.29) is 12.5 Å². The minimum absolute atomic E-state index is 0.231. The lowest BCUT2D eigenvalue weighted by Gasteiger charge is -2.12. The van der Waals surface area contributed by atoms with Gasteiger partial charge in [-0.05, 0) is 74.6 Å². The van der Waals surface area contributed by atoms with Crippen LogP contribution in [0.4, 0.5) is 5.00 Å². The summed E-state index contributed by atoms with van der Waals surface area (Å²) in [5.74, 6) is 0.384. The van der Waals surface area contributed by atoms with Gasteiger partial charge in [0.15, 0.2) is 0 Å². The Hall–Kier alpha value is -3.84. The number of carbonyl (C=O) groups is 2. The molecule has 0 spiro atoms. The highest BCUT2D eigenvalue weighted by molar-refractivity contribution is 7.17. The highest BCUT2D eigenvalue weighted by atomic mass is 32.1. The fraction of sp³-hybridized carbons (Fsp3) is 0.312. The van der Waals surface area contributed by atoms with Crippen molar-refractivity contribution in [2.75, 3.05) is 18.5 Å². The molecule has 6 nitrogen and oxygen atoms in total. The summed E-state index contributed by atoms with van der Waals surface area (Å²) >= 11 is 1.37. The molecule has 0 fully saturated rings. The number of anilines is 1. The van der Waals surface area contributed by atoms with Gasteiger partial charge < -0.3 is 19.4 Å². The second kappa shape index (κ2) is 11.9. The van der Waals surface area contributed by atoms with E-state index in [1.54, 1.807) is 13.0 Å². The van der Waals surface area contributed by atoms with Crippen LogP contribution in [-0.4, -0.2) is 29.7 Å². The van der Waals surface area contributed by atoms with Gasteiger partial charge in [0.2, 0.25) is 0 Å². The lowest BCUT2D eigenvalue weighted by atomic mass is 10.0. The zero-order valence-electron chi connectivity index (χ0n) is 23.5. The van der Waals surface area contributed by atoms with Crippen LogP contribution in [0.15, 0.2) is 55.1 Å². The molecule has 0 saturated heterocycles. The summed E-state index contributed by atoms with van der Waals surface area (Å²) in [6, 6.07) is 13.9. The number of rotatable bonds is 10. The van der Waals surface area contributed by atoms with Crippen molar-refractivity contribution in [3.63, 3.8) is 0 Å². The van der Waals surface area contributed by atoms with E-state index in [0.717, 1.165) is 38.2 Å². The Morgan fingerprint density at radius 3 is 2.41 bits per heavy atom. The van der Waals surface area contributed by atoms with Gasteiger partial charge >= 0.3 is 5.97 Å². The molecule has 2 heterocycles. The standard InChI is InChI=1S/C32H36N2O4S/c1-8-17-34-26-16-13-23(19(4)5)18-25(26)20(6)29(34)30(35)33-31-28(32(36)38-10-3)27(21(7)39-31)22-11-14-24(15-12-22)37-9-2/h8,11-16,18-19H,1,9-10,17H2,2-7H3,(H,33,35). The zero-order chi connectivity index (χ0) is 28.3. The summed E-state index contributed by atoms with van der Waals surface area (Å²) in [5, 5.41) is 4.57. The van der Waals surface area contributed by atoms with E-state index in [1.807, 2.05) is 49.6 Å². The molecule has 0 bridgehead atoms. The third kappa shape index (κ3) is 5.50. The highest BCUT2D eigenvalue weighted by Crippen LogP contribution is 2.41. The van der Waals surface area contributed by atoms with E-state index >= 15 is 0 Å². The molecule has 0 aliphatic carbocycles. The number of thiophene rings is 1. The number of nitrogens with one attached hydrogen (secondary N) is 1. The lowest BCUT2D eigenvalue weighted by Crippen LogP contribution is -2.19. The van der Waals surface area contributed by atoms with E-state index in [0.29, 0.717) is 35.3 Å². The van der Waals surface area contributed by atoms with Crippen LogP contribution in [-0.2, 0) is 11.3 Å². The minimum atomic E-state index is -0.467. The number of allylic oxidation sites excluding steroid dienone is 1. The maximum Gasteiger partial charge on any atom is 0.341 e. The van der Waals surface area contributed by atoms with Gasteiger partial charge in [-0.3, -0.25) is 4.79 Å². The van der Waals surface area contributed by atoms with E-state index in [2.05, 4.69) is 43.9 Å². The Morgan fingerprint density at radius 1 is 1.08 bits per heavy atom. The molecule has 0 atom stereocenters. The van der Waals surface area contributed by atoms with Crippen LogP contribution in [0, 0.1) is 13.8 Å². The molecule has 39 heavy (non-hydrogen) atoms. The number of carbonyl (C=O) groups excluding carboxylic acids is 2. The van der Waals surface area contributed by atoms with Crippen molar-refractivity contribution >= 4 is 39.1 Å². The molecule has 4 aromatic rings. The molecule has 4 rings (SSSR count). The van der Waals surface area contributed by atoms with E-state index in [1.165, 1.54) is 16.9 Å². The normalized spacial score (nSPS) is 11.2. The Kier molecular flexibility index (Phi) is 8.60. The van der Waals surface area contributed by atoms with Gasteiger partial charge in [0.1, 0.15) is 22.0 Å². The van der Waals surface area contributed by atoms with E-state index in [9.17, 15) is 9.59 Å². The summed E-state index contributed by atoms with van der Waals surface area (Å²) in [7, 11) is 0. The van der Waals surface area contributed by atoms with Crippen molar-refractivity contribution < 1.29 is 19.1 Å². The third-order valence-corrected chi connectivity index (χ3v) is 7.80. The van der Waals surface area contributed by atoms with Gasteiger partial charge in [0, 0.05) is 27.9 Å². The topological polar surface area (TPSA) is 69.6 Å². The van der Waals surface area contributed by atoms with Crippen LogP contribution in [0.3, 0.4) is 0 Å². The number of aromatic nitrogens is 1. The van der Waals surface area contributed by atoms with Crippen LogP contribution in [0.2, 0.25) is 0 Å². The Balaban J connectivity index is 1.81. The van der Waals surface area contributed by atoms with Crippen LogP contribution < -0.4 is 10.1 Å². The Bertz CT molecular complexity index is 1530. The number of ether oxygens (including phenoxy) is 2. The summed E-state index contributed by atoms with van der Waals surface area (Å²) in [6.45, 7) is 17.1. The van der Waals surface area contributed by atoms with Gasteiger partial charge in [-0.25, -0.2) is 4.79 Å². The predicted octanol–water partition coefficient (Wildman–Crippen LogP) is 8.12. The largest absolute Gasteiger partial charge is 0.494 e. The first-order valence-corrected chi connectivity index (χ1v) is 14.1. The van der Waals surface area contributed by atoms with Gasteiger partial charge in [0.25, 0.3) is 5.91 Å². The number of amides is 1. The molecule has 7 heteroatoms. The van der Waals surface area contributed by atoms with Crippen molar-refractivity contribution in [1.29, 1.82) is 0 Å². The van der Waals surface area contributed by atoms with Crippen molar-refractivity contribution in [1.82, 2.24) is 4.57 Å². The van der Waals surface area contributed by atoms with Crippen molar-refractivity contribution in [3.8, 4) is 16.9 Å². The van der Waals surface area contributed by atoms with Crippen molar-refractivity contribution in [3.05, 3.63) is 82.4 Å². The average molecular weight is 545 g/mol. The summed E-state index contributed by atoms with van der Waals surface area (Å²) in [6.07, 6.45) is 1.79. The van der Waals surface area contributed by atoms with E-state index < -0.39 is 5.97 Å². The van der Waals surface area contributed by atoms with Crippen LogP contribution in [0.5, 0.6) is 5.75 Å². The van der Waals surface area contributed by atoms with Gasteiger partial charge in [0.05, 0.1) is 13.2 Å². The maximum absolute atomic E-state index is 13.9. The fourth-order valence-corrected chi connectivity index (χ4v) is 6.00. The number of aryl methyl sites for hydroxylation is 2. The Morgan fingerprint density at radius 2 is 1.79 bits per heavy atom. The molecule has 0 radical (unpaired) electrons. The number of nitrogens with zero attached hydrogens (tertiary/aromatic N) is 1. The fourth-order valence-electron chi connectivity index (χ4n) is 4.94. The van der Waals surface area contributed by atoms with Gasteiger partial charge in [-0.2, -0.15) is 0 Å². The first-order valence-electron chi connectivity index (χ1n) is 13.3. The predicted molar refractivity (Wildman–Crippen MR) is 161 cm³/mol. The van der Waals surface area contributed by atoms with Crippen molar-refractivity contribution in [2.45, 2.75) is 54.0 Å². The molecule has 0 saturated carbocycles. The summed E-state index contributed by atoms with van der Waals surface area (Å²) in [5.41, 5.74) is 5.61. The molecular weight excluding hydrogens is 508 g/mol. The molecular formula is C32H36N2O4S.